The number of ether oxygens (including phenoxy) is 1. The number of amides is 2. The van der Waals surface area contributed by atoms with Crippen LogP contribution in [0.2, 0.25) is 0 Å². The average molecular weight is 384 g/mol. The minimum atomic E-state index is -0.426. The van der Waals surface area contributed by atoms with Crippen LogP contribution in [-0.2, 0) is 16.1 Å². The highest BCUT2D eigenvalue weighted by Crippen LogP contribution is 2.31. The SMILES string of the molecule is COc1ccc(C(CC(=O)N(Cc2cccc(F)c2)C2CC2)NC(C)=O)cc1. The van der Waals surface area contributed by atoms with Gasteiger partial charge in [0.15, 0.2) is 0 Å². The Kier molecular flexibility index (Phi) is 6.29. The molecule has 1 aliphatic rings. The molecule has 0 aromatic heterocycles. The number of carbonyl (C=O) groups is 2. The smallest absolute Gasteiger partial charge is 0.225 e. The number of rotatable bonds is 8. The standard InChI is InChI=1S/C22H25FN2O3/c1-15(26)24-21(17-6-10-20(28-2)11-7-17)13-22(27)25(19-8-9-19)14-16-4-3-5-18(23)12-16/h3-7,10-12,19,21H,8-9,13-14H2,1-2H3,(H,24,26). The highest BCUT2D eigenvalue weighted by Gasteiger charge is 2.33. The Hall–Kier alpha value is -2.89. The number of halogens is 1. The van der Waals surface area contributed by atoms with Gasteiger partial charge in [0.2, 0.25) is 11.8 Å². The Morgan fingerprint density at radius 2 is 1.93 bits per heavy atom. The van der Waals surface area contributed by atoms with Gasteiger partial charge in [-0.1, -0.05) is 24.3 Å². The number of methoxy groups -OCH3 is 1. The van der Waals surface area contributed by atoms with E-state index < -0.39 is 6.04 Å². The van der Waals surface area contributed by atoms with Crippen molar-refractivity contribution >= 4 is 11.8 Å². The number of hydrogen-bond acceptors (Lipinski definition) is 3. The molecule has 1 fully saturated rings. The number of nitrogens with zero attached hydrogens (tertiary/aromatic N) is 1. The molecular weight excluding hydrogens is 359 g/mol. The molecule has 0 aliphatic heterocycles. The summed E-state index contributed by atoms with van der Waals surface area (Å²) in [5.41, 5.74) is 1.60. The van der Waals surface area contributed by atoms with Crippen molar-refractivity contribution in [2.45, 2.75) is 44.8 Å². The maximum absolute atomic E-state index is 13.5. The Morgan fingerprint density at radius 1 is 1.21 bits per heavy atom. The van der Waals surface area contributed by atoms with Gasteiger partial charge in [0.05, 0.1) is 19.6 Å². The molecule has 0 radical (unpaired) electrons. The van der Waals surface area contributed by atoms with Crippen molar-refractivity contribution in [3.8, 4) is 5.75 Å². The third kappa shape index (κ3) is 5.31. The molecule has 148 valence electrons. The van der Waals surface area contributed by atoms with Crippen molar-refractivity contribution < 1.29 is 18.7 Å². The summed E-state index contributed by atoms with van der Waals surface area (Å²) in [6.07, 6.45) is 2.06. The minimum absolute atomic E-state index is 0.0543. The molecule has 0 spiro atoms. The maximum atomic E-state index is 13.5. The Labute approximate surface area is 164 Å². The molecule has 0 heterocycles. The van der Waals surface area contributed by atoms with Gasteiger partial charge >= 0.3 is 0 Å². The molecule has 2 aromatic carbocycles. The van der Waals surface area contributed by atoms with Gasteiger partial charge in [-0.25, -0.2) is 4.39 Å². The molecule has 3 rings (SSSR count). The first kappa shape index (κ1) is 19.9. The molecule has 2 aromatic rings. The van der Waals surface area contributed by atoms with E-state index in [-0.39, 0.29) is 30.1 Å². The molecule has 6 heteroatoms. The van der Waals surface area contributed by atoms with Crippen LogP contribution in [0.15, 0.2) is 48.5 Å². The van der Waals surface area contributed by atoms with Crippen LogP contribution in [0, 0.1) is 5.82 Å². The highest BCUT2D eigenvalue weighted by molar-refractivity contribution is 5.79. The fraction of sp³-hybridized carbons (Fsp3) is 0.364. The fourth-order valence-electron chi connectivity index (χ4n) is 3.26. The van der Waals surface area contributed by atoms with Crippen molar-refractivity contribution in [2.24, 2.45) is 0 Å². The molecule has 0 bridgehead atoms. The lowest BCUT2D eigenvalue weighted by molar-refractivity contribution is -0.133. The predicted octanol–water partition coefficient (Wildman–Crippen LogP) is 3.59. The van der Waals surface area contributed by atoms with Gasteiger partial charge in [0.1, 0.15) is 11.6 Å². The van der Waals surface area contributed by atoms with Crippen LogP contribution in [0.25, 0.3) is 0 Å². The van der Waals surface area contributed by atoms with Crippen molar-refractivity contribution in [2.75, 3.05) is 7.11 Å². The lowest BCUT2D eigenvalue weighted by atomic mass is 10.0. The second-order valence-electron chi connectivity index (χ2n) is 7.11. The summed E-state index contributed by atoms with van der Waals surface area (Å²) >= 11 is 0. The van der Waals surface area contributed by atoms with E-state index in [9.17, 15) is 14.0 Å². The molecule has 0 saturated heterocycles. The fourth-order valence-corrected chi connectivity index (χ4v) is 3.26. The van der Waals surface area contributed by atoms with E-state index in [0.29, 0.717) is 12.3 Å². The first-order valence-corrected chi connectivity index (χ1v) is 9.41. The predicted molar refractivity (Wildman–Crippen MR) is 104 cm³/mol. The summed E-state index contributed by atoms with van der Waals surface area (Å²) in [5.74, 6) is 0.149. The average Bonchev–Trinajstić information content (AvgIpc) is 3.50. The van der Waals surface area contributed by atoms with Crippen LogP contribution in [0.3, 0.4) is 0 Å². The van der Waals surface area contributed by atoms with Gasteiger partial charge in [0.25, 0.3) is 0 Å². The zero-order valence-electron chi connectivity index (χ0n) is 16.2. The zero-order valence-corrected chi connectivity index (χ0v) is 16.2. The van der Waals surface area contributed by atoms with E-state index in [1.165, 1.54) is 19.1 Å². The van der Waals surface area contributed by atoms with E-state index in [1.54, 1.807) is 30.2 Å². The van der Waals surface area contributed by atoms with Crippen LogP contribution in [0.5, 0.6) is 5.75 Å². The maximum Gasteiger partial charge on any atom is 0.225 e. The number of nitrogens with one attached hydrogen (secondary N) is 1. The summed E-state index contributed by atoms with van der Waals surface area (Å²) in [6.45, 7) is 1.81. The molecule has 1 atom stereocenters. The lowest BCUT2D eigenvalue weighted by Crippen LogP contribution is -2.37. The molecule has 2 amide bonds. The Bertz CT molecular complexity index is 834. The third-order valence-corrected chi connectivity index (χ3v) is 4.82. The molecule has 1 saturated carbocycles. The zero-order chi connectivity index (χ0) is 20.1. The van der Waals surface area contributed by atoms with E-state index >= 15 is 0 Å². The highest BCUT2D eigenvalue weighted by atomic mass is 19.1. The van der Waals surface area contributed by atoms with Crippen LogP contribution in [-0.4, -0.2) is 29.9 Å². The van der Waals surface area contributed by atoms with Crippen molar-refractivity contribution in [3.63, 3.8) is 0 Å². The van der Waals surface area contributed by atoms with Gasteiger partial charge in [-0.2, -0.15) is 0 Å². The number of benzene rings is 2. The van der Waals surface area contributed by atoms with Crippen LogP contribution in [0.4, 0.5) is 4.39 Å². The molecule has 1 unspecified atom stereocenters. The number of hydrogen-bond donors (Lipinski definition) is 1. The minimum Gasteiger partial charge on any atom is -0.497 e. The first-order valence-electron chi connectivity index (χ1n) is 9.41. The van der Waals surface area contributed by atoms with Gasteiger partial charge in [-0.05, 0) is 48.2 Å². The second kappa shape index (κ2) is 8.87. The van der Waals surface area contributed by atoms with E-state index in [0.717, 1.165) is 24.0 Å². The first-order chi connectivity index (χ1) is 13.5. The van der Waals surface area contributed by atoms with Crippen LogP contribution >= 0.6 is 0 Å². The lowest BCUT2D eigenvalue weighted by Gasteiger charge is -2.26. The van der Waals surface area contributed by atoms with Gasteiger partial charge < -0.3 is 15.0 Å². The van der Waals surface area contributed by atoms with Crippen molar-refractivity contribution in [1.82, 2.24) is 10.2 Å². The van der Waals surface area contributed by atoms with Crippen LogP contribution < -0.4 is 10.1 Å². The summed E-state index contributed by atoms with van der Waals surface area (Å²) in [5, 5.41) is 2.86. The molecule has 1 aliphatic carbocycles. The monoisotopic (exact) mass is 384 g/mol. The topological polar surface area (TPSA) is 58.6 Å². The number of carbonyl (C=O) groups excluding carboxylic acids is 2. The van der Waals surface area contributed by atoms with E-state index in [1.807, 2.05) is 18.2 Å². The largest absolute Gasteiger partial charge is 0.497 e. The summed E-state index contributed by atoms with van der Waals surface area (Å²) in [7, 11) is 1.59. The van der Waals surface area contributed by atoms with Gasteiger partial charge in [-0.15, -0.1) is 0 Å². The van der Waals surface area contributed by atoms with Crippen LogP contribution in [0.1, 0.15) is 43.4 Å². The third-order valence-electron chi connectivity index (χ3n) is 4.82. The summed E-state index contributed by atoms with van der Waals surface area (Å²) in [4.78, 5) is 26.5. The molecule has 1 N–H and O–H groups in total. The van der Waals surface area contributed by atoms with E-state index in [2.05, 4.69) is 5.32 Å². The molecule has 5 nitrogen and oxygen atoms in total. The summed E-state index contributed by atoms with van der Waals surface area (Å²) < 4.78 is 18.7. The van der Waals surface area contributed by atoms with Gasteiger partial charge in [-0.3, -0.25) is 9.59 Å². The van der Waals surface area contributed by atoms with Gasteiger partial charge in [0, 0.05) is 19.5 Å². The van der Waals surface area contributed by atoms with E-state index in [4.69, 9.17) is 4.74 Å². The summed E-state index contributed by atoms with van der Waals surface area (Å²) in [6, 6.07) is 13.4. The normalized spacial score (nSPS) is 14.2. The Morgan fingerprint density at radius 3 is 2.50 bits per heavy atom. The Balaban J connectivity index is 1.75. The second-order valence-corrected chi connectivity index (χ2v) is 7.11. The molecule has 28 heavy (non-hydrogen) atoms. The molecular formula is C22H25FN2O3. The van der Waals surface area contributed by atoms with Crippen molar-refractivity contribution in [3.05, 3.63) is 65.5 Å². The quantitative estimate of drug-likeness (QED) is 0.757. The van der Waals surface area contributed by atoms with Crippen molar-refractivity contribution in [1.29, 1.82) is 0 Å².